The van der Waals surface area contributed by atoms with E-state index < -0.39 is 35.0 Å². The van der Waals surface area contributed by atoms with Crippen molar-refractivity contribution in [2.24, 2.45) is 0 Å². The van der Waals surface area contributed by atoms with Crippen LogP contribution in [0.1, 0.15) is 48.2 Å². The fourth-order valence-electron chi connectivity index (χ4n) is 3.98. The third-order valence-electron chi connectivity index (χ3n) is 5.66. The monoisotopic (exact) mass is 546 g/mol. The molecule has 1 aliphatic heterocycles. The Morgan fingerprint density at radius 2 is 1.65 bits per heavy atom. The normalized spacial score (nSPS) is 14.7. The summed E-state index contributed by atoms with van der Waals surface area (Å²) in [5.74, 6) is -0.291. The number of nitrogens with zero attached hydrogens (tertiary/aromatic N) is 5. The van der Waals surface area contributed by atoms with Crippen molar-refractivity contribution >= 4 is 34.5 Å². The number of hydrogen-bond donors (Lipinski definition) is 1. The zero-order valence-electron chi connectivity index (χ0n) is 19.9. The molecule has 0 spiro atoms. The number of rotatable bonds is 7. The Morgan fingerprint density at radius 3 is 2.22 bits per heavy atom. The summed E-state index contributed by atoms with van der Waals surface area (Å²) in [4.78, 5) is 24.0. The number of amides is 1. The van der Waals surface area contributed by atoms with Crippen LogP contribution >= 0.6 is 11.8 Å². The maximum Gasteiger partial charge on any atom is 0.416 e. The van der Waals surface area contributed by atoms with Gasteiger partial charge in [-0.1, -0.05) is 25.6 Å². The van der Waals surface area contributed by atoms with Crippen molar-refractivity contribution < 1.29 is 31.1 Å². The number of carbonyl (C=O) groups is 1. The molecule has 1 fully saturated rings. The van der Waals surface area contributed by atoms with Crippen LogP contribution in [0.3, 0.4) is 0 Å². The molecule has 0 bridgehead atoms. The van der Waals surface area contributed by atoms with E-state index in [1.165, 1.54) is 16.4 Å². The van der Waals surface area contributed by atoms with Gasteiger partial charge in [0.2, 0.25) is 0 Å². The third-order valence-corrected chi connectivity index (χ3v) is 6.53. The van der Waals surface area contributed by atoms with E-state index in [1.807, 2.05) is 13.8 Å². The van der Waals surface area contributed by atoms with E-state index >= 15 is 0 Å². The average Bonchev–Trinajstić information content (AvgIpc) is 3.47. The highest BCUT2D eigenvalue weighted by Gasteiger charge is 2.37. The highest BCUT2D eigenvalue weighted by Crippen LogP contribution is 2.36. The molecule has 3 heterocycles. The molecule has 1 saturated heterocycles. The molecule has 4 rings (SSSR count). The Hall–Kier alpha value is -3.03. The van der Waals surface area contributed by atoms with E-state index in [9.17, 15) is 31.1 Å². The predicted octanol–water partition coefficient (Wildman–Crippen LogP) is 5.39. The van der Waals surface area contributed by atoms with Crippen LogP contribution in [0.15, 0.2) is 29.6 Å². The first-order chi connectivity index (χ1) is 17.3. The molecule has 3 aromatic rings. The van der Waals surface area contributed by atoms with Crippen molar-refractivity contribution in [3.8, 4) is 0 Å². The minimum absolute atomic E-state index is 0.0168. The van der Waals surface area contributed by atoms with Gasteiger partial charge in [0.15, 0.2) is 10.8 Å². The number of benzene rings is 1. The molecule has 1 N–H and O–H groups in total. The Balaban J connectivity index is 1.55. The van der Waals surface area contributed by atoms with Crippen LogP contribution in [0.2, 0.25) is 0 Å². The Morgan fingerprint density at radius 1 is 1.03 bits per heavy atom. The zero-order chi connectivity index (χ0) is 27.0. The molecule has 0 aliphatic carbocycles. The summed E-state index contributed by atoms with van der Waals surface area (Å²) in [7, 11) is 0. The number of nitrogens with one attached hydrogen (secondary N) is 1. The lowest BCUT2D eigenvalue weighted by atomic mass is 10.0. The number of halogens is 6. The van der Waals surface area contributed by atoms with Crippen molar-refractivity contribution in [3.05, 3.63) is 41.1 Å². The van der Waals surface area contributed by atoms with E-state index in [0.717, 1.165) is 37.1 Å². The Kier molecular flexibility index (Phi) is 7.58. The van der Waals surface area contributed by atoms with E-state index in [-0.39, 0.29) is 24.4 Å². The van der Waals surface area contributed by atoms with Gasteiger partial charge in [0.05, 0.1) is 29.3 Å². The summed E-state index contributed by atoms with van der Waals surface area (Å²) < 4.78 is 80.2. The minimum Gasteiger partial charge on any atom is -0.356 e. The van der Waals surface area contributed by atoms with Gasteiger partial charge in [-0.2, -0.15) is 31.4 Å². The molecular weight excluding hydrogens is 522 g/mol. The first kappa shape index (κ1) is 27.0. The van der Waals surface area contributed by atoms with Crippen LogP contribution in [0.4, 0.5) is 32.2 Å². The van der Waals surface area contributed by atoms with Gasteiger partial charge < -0.3 is 10.2 Å². The summed E-state index contributed by atoms with van der Waals surface area (Å²) in [6.45, 7) is 5.74. The van der Waals surface area contributed by atoms with E-state index in [0.29, 0.717) is 22.9 Å². The highest BCUT2D eigenvalue weighted by molar-refractivity contribution is 7.99. The van der Waals surface area contributed by atoms with Gasteiger partial charge in [-0.3, -0.25) is 4.79 Å². The van der Waals surface area contributed by atoms with Gasteiger partial charge in [0.1, 0.15) is 5.82 Å². The second-order valence-electron chi connectivity index (χ2n) is 8.85. The molecule has 1 aliphatic rings. The molecule has 2 aromatic heterocycles. The summed E-state index contributed by atoms with van der Waals surface area (Å²) in [5, 5.41) is 8.25. The maximum absolute atomic E-state index is 13.1. The van der Waals surface area contributed by atoms with Gasteiger partial charge in [0, 0.05) is 30.4 Å². The van der Waals surface area contributed by atoms with Crippen LogP contribution in [0.25, 0.3) is 11.0 Å². The highest BCUT2D eigenvalue weighted by atomic mass is 32.2. The fraction of sp³-hybridized carbons (Fsp3) is 0.478. The molecular formula is C23H24F6N6OS. The van der Waals surface area contributed by atoms with E-state index in [2.05, 4.69) is 20.3 Å². The number of fused-ring (bicyclic) bond motifs is 1. The molecule has 0 atom stereocenters. The number of thioether (sulfide) groups is 1. The quantitative estimate of drug-likeness (QED) is 0.243. The Labute approximate surface area is 212 Å². The van der Waals surface area contributed by atoms with Gasteiger partial charge in [-0.25, -0.2) is 14.6 Å². The second kappa shape index (κ2) is 10.4. The molecule has 0 radical (unpaired) electrons. The van der Waals surface area contributed by atoms with E-state index in [1.54, 1.807) is 6.20 Å². The number of anilines is 1. The van der Waals surface area contributed by atoms with Crippen molar-refractivity contribution in [2.45, 2.75) is 56.0 Å². The topological polar surface area (TPSA) is 75.9 Å². The van der Waals surface area contributed by atoms with Crippen LogP contribution in [0, 0.1) is 0 Å². The summed E-state index contributed by atoms with van der Waals surface area (Å²) >= 11 is 1.49. The molecule has 14 heteroatoms. The largest absolute Gasteiger partial charge is 0.416 e. The van der Waals surface area contributed by atoms with Gasteiger partial charge in [-0.15, -0.1) is 0 Å². The smallest absolute Gasteiger partial charge is 0.356 e. The SMILES string of the molecule is CC(C)Sc1nc(N2CCCC2)c2cnn(CCNC(=O)c3cc(C(F)(F)F)cc(C(F)(F)F)c3)c2n1. The van der Waals surface area contributed by atoms with Crippen molar-refractivity contribution in [3.63, 3.8) is 0 Å². The molecule has 37 heavy (non-hydrogen) atoms. The van der Waals surface area contributed by atoms with Gasteiger partial charge in [-0.05, 0) is 31.0 Å². The van der Waals surface area contributed by atoms with Crippen LogP contribution < -0.4 is 10.2 Å². The molecule has 7 nitrogen and oxygen atoms in total. The molecule has 0 unspecified atom stereocenters. The zero-order valence-corrected chi connectivity index (χ0v) is 20.8. The number of alkyl halides is 6. The number of aromatic nitrogens is 4. The van der Waals surface area contributed by atoms with Crippen LogP contribution in [-0.4, -0.2) is 50.5 Å². The number of carbonyl (C=O) groups excluding carboxylic acids is 1. The van der Waals surface area contributed by atoms with Crippen molar-refractivity contribution in [1.82, 2.24) is 25.1 Å². The summed E-state index contributed by atoms with van der Waals surface area (Å²) in [5.41, 5.74) is -3.30. The Bertz CT molecular complexity index is 1250. The summed E-state index contributed by atoms with van der Waals surface area (Å²) in [6, 6.07) is 0.786. The first-order valence-electron chi connectivity index (χ1n) is 11.6. The molecule has 1 amide bonds. The summed E-state index contributed by atoms with van der Waals surface area (Å²) in [6.07, 6.45) is -6.36. The maximum atomic E-state index is 13.1. The molecule has 1 aromatic carbocycles. The first-order valence-corrected chi connectivity index (χ1v) is 12.4. The lowest BCUT2D eigenvalue weighted by Gasteiger charge is -2.18. The molecule has 200 valence electrons. The van der Waals surface area contributed by atoms with Crippen LogP contribution in [-0.2, 0) is 18.9 Å². The minimum atomic E-state index is -5.04. The van der Waals surface area contributed by atoms with Crippen molar-refractivity contribution in [1.29, 1.82) is 0 Å². The second-order valence-corrected chi connectivity index (χ2v) is 10.4. The van der Waals surface area contributed by atoms with Crippen LogP contribution in [0.5, 0.6) is 0 Å². The molecule has 0 saturated carbocycles. The van der Waals surface area contributed by atoms with Crippen molar-refractivity contribution in [2.75, 3.05) is 24.5 Å². The van der Waals surface area contributed by atoms with E-state index in [4.69, 9.17) is 4.98 Å². The van der Waals surface area contributed by atoms with Gasteiger partial charge in [0.25, 0.3) is 5.91 Å². The lowest BCUT2D eigenvalue weighted by Crippen LogP contribution is -2.28. The number of hydrogen-bond acceptors (Lipinski definition) is 6. The average molecular weight is 547 g/mol. The van der Waals surface area contributed by atoms with Gasteiger partial charge >= 0.3 is 12.4 Å². The lowest BCUT2D eigenvalue weighted by molar-refractivity contribution is -0.143. The fourth-order valence-corrected chi connectivity index (χ4v) is 4.68. The third kappa shape index (κ3) is 6.28. The standard InChI is InChI=1S/C23H24F6N6OS/c1-13(2)37-21-32-18(34-6-3-4-7-34)17-12-31-35(19(17)33-21)8-5-30-20(36)14-9-15(22(24,25)26)11-16(10-14)23(27,28)29/h9-13H,3-8H2,1-2H3,(H,30,36). The predicted molar refractivity (Wildman–Crippen MR) is 127 cm³/mol.